The number of nitro groups is 1. The van der Waals surface area contributed by atoms with E-state index >= 15 is 0 Å². The predicted molar refractivity (Wildman–Crippen MR) is 97.0 cm³/mol. The molecule has 0 radical (unpaired) electrons. The zero-order valence-corrected chi connectivity index (χ0v) is 15.3. The lowest BCUT2D eigenvalue weighted by atomic mass is 10.1. The molecule has 0 bridgehead atoms. The van der Waals surface area contributed by atoms with Crippen LogP contribution in [0.15, 0.2) is 23.0 Å². The first kappa shape index (κ1) is 19.6. The molecule has 2 aromatic rings. The Labute approximate surface area is 154 Å². The van der Waals surface area contributed by atoms with Gasteiger partial charge in [0, 0.05) is 18.0 Å². The number of thiazole rings is 1. The van der Waals surface area contributed by atoms with Crippen LogP contribution in [0.3, 0.4) is 0 Å². The minimum absolute atomic E-state index is 0.0719. The van der Waals surface area contributed by atoms with Crippen LogP contribution in [0.25, 0.3) is 0 Å². The number of nitrogens with one attached hydrogen (secondary N) is 2. The van der Waals surface area contributed by atoms with Crippen LogP contribution in [0.2, 0.25) is 0 Å². The van der Waals surface area contributed by atoms with E-state index in [-0.39, 0.29) is 29.4 Å². The number of carbonyl (C=O) groups excluding carboxylic acids is 1. The van der Waals surface area contributed by atoms with E-state index in [1.165, 1.54) is 30.6 Å². The molecule has 10 heteroatoms. The molecule has 1 amide bonds. The number of rotatable bonds is 10. The zero-order valence-electron chi connectivity index (χ0n) is 14.5. The van der Waals surface area contributed by atoms with E-state index in [4.69, 9.17) is 9.47 Å². The largest absolute Gasteiger partial charge is 0.493 e. The summed E-state index contributed by atoms with van der Waals surface area (Å²) in [5.41, 5.74) is 1.95. The van der Waals surface area contributed by atoms with Crippen LogP contribution >= 0.6 is 11.3 Å². The smallest absolute Gasteiger partial charge is 0.286 e. The Bertz CT molecular complexity index is 751. The van der Waals surface area contributed by atoms with Crippen molar-refractivity contribution in [1.29, 1.82) is 0 Å². The second kappa shape index (κ2) is 9.68. The van der Waals surface area contributed by atoms with Crippen molar-refractivity contribution in [2.45, 2.75) is 13.0 Å². The molecular formula is C16H20N4O5S. The maximum absolute atomic E-state index is 12.3. The van der Waals surface area contributed by atoms with Gasteiger partial charge in [-0.05, 0) is 20.0 Å². The van der Waals surface area contributed by atoms with Gasteiger partial charge in [-0.25, -0.2) is 4.98 Å². The number of benzene rings is 1. The lowest BCUT2D eigenvalue weighted by Crippen LogP contribution is -2.27. The van der Waals surface area contributed by atoms with E-state index in [1.807, 2.05) is 12.4 Å². The van der Waals surface area contributed by atoms with Crippen LogP contribution in [0.5, 0.6) is 11.5 Å². The molecule has 0 atom stereocenters. The summed E-state index contributed by atoms with van der Waals surface area (Å²) in [6.07, 6.45) is 0.710. The maximum atomic E-state index is 12.3. The maximum Gasteiger partial charge on any atom is 0.286 e. The van der Waals surface area contributed by atoms with Gasteiger partial charge < -0.3 is 20.1 Å². The van der Waals surface area contributed by atoms with E-state index in [1.54, 1.807) is 5.51 Å². The first-order chi connectivity index (χ1) is 12.6. The Kier molecular flexibility index (Phi) is 7.30. The van der Waals surface area contributed by atoms with Crippen LogP contribution in [0.1, 0.15) is 22.5 Å². The van der Waals surface area contributed by atoms with Gasteiger partial charge in [-0.15, -0.1) is 11.3 Å². The highest BCUT2D eigenvalue weighted by atomic mass is 32.1. The summed E-state index contributed by atoms with van der Waals surface area (Å²) in [4.78, 5) is 27.2. The van der Waals surface area contributed by atoms with Gasteiger partial charge in [0.2, 0.25) is 0 Å². The summed E-state index contributed by atoms with van der Waals surface area (Å²) in [6, 6.07) is 2.52. The van der Waals surface area contributed by atoms with Crippen molar-refractivity contribution in [3.05, 3.63) is 44.4 Å². The molecule has 0 spiro atoms. The van der Waals surface area contributed by atoms with E-state index in [0.29, 0.717) is 18.7 Å². The molecule has 9 nitrogen and oxygen atoms in total. The normalized spacial score (nSPS) is 10.4. The molecule has 0 fully saturated rings. The molecule has 0 aliphatic rings. The van der Waals surface area contributed by atoms with Gasteiger partial charge in [-0.3, -0.25) is 14.9 Å². The number of methoxy groups -OCH3 is 1. The molecule has 26 heavy (non-hydrogen) atoms. The third-order valence-corrected chi connectivity index (χ3v) is 4.11. The second-order valence-corrected chi connectivity index (χ2v) is 5.98. The summed E-state index contributed by atoms with van der Waals surface area (Å²) in [5, 5.41) is 18.8. The van der Waals surface area contributed by atoms with Crippen molar-refractivity contribution < 1.29 is 19.2 Å². The Balaban J connectivity index is 2.22. The SMILES string of the molecule is CNCCCNC(=O)c1cc(OC)c(OCc2cscn2)cc1[N+](=O)[O-]. The van der Waals surface area contributed by atoms with Gasteiger partial charge in [-0.2, -0.15) is 0 Å². The molecule has 2 N–H and O–H groups in total. The van der Waals surface area contributed by atoms with Crippen LogP contribution in [-0.2, 0) is 6.61 Å². The highest BCUT2D eigenvalue weighted by Crippen LogP contribution is 2.35. The monoisotopic (exact) mass is 380 g/mol. The van der Waals surface area contributed by atoms with Crippen LogP contribution in [-0.4, -0.2) is 43.1 Å². The van der Waals surface area contributed by atoms with Crippen LogP contribution in [0.4, 0.5) is 5.69 Å². The van der Waals surface area contributed by atoms with Gasteiger partial charge in [0.25, 0.3) is 11.6 Å². The Morgan fingerprint density at radius 2 is 2.15 bits per heavy atom. The van der Waals surface area contributed by atoms with Crippen molar-refractivity contribution in [3.8, 4) is 11.5 Å². The minimum Gasteiger partial charge on any atom is -0.493 e. The molecule has 0 aliphatic carbocycles. The number of nitrogens with zero attached hydrogens (tertiary/aromatic N) is 2. The standard InChI is InChI=1S/C16H20N4O5S/c1-17-4-3-5-18-16(21)12-6-14(24-2)15(7-13(12)20(22)23)25-8-11-9-26-10-19-11/h6-7,9-10,17H,3-5,8H2,1-2H3,(H,18,21). The number of hydrogen-bond donors (Lipinski definition) is 2. The fourth-order valence-electron chi connectivity index (χ4n) is 2.18. The molecule has 140 valence electrons. The molecule has 0 saturated heterocycles. The number of carbonyl (C=O) groups is 1. The molecule has 1 aromatic carbocycles. The van der Waals surface area contributed by atoms with E-state index in [9.17, 15) is 14.9 Å². The Hall–Kier alpha value is -2.72. The summed E-state index contributed by atoms with van der Waals surface area (Å²) < 4.78 is 10.8. The molecule has 1 aromatic heterocycles. The molecule has 0 unspecified atom stereocenters. The van der Waals surface area contributed by atoms with Crippen LogP contribution < -0.4 is 20.1 Å². The van der Waals surface area contributed by atoms with Gasteiger partial charge >= 0.3 is 0 Å². The lowest BCUT2D eigenvalue weighted by Gasteiger charge is -2.12. The fraction of sp³-hybridized carbons (Fsp3) is 0.375. The highest BCUT2D eigenvalue weighted by molar-refractivity contribution is 7.07. The van der Waals surface area contributed by atoms with Gasteiger partial charge in [-0.1, -0.05) is 0 Å². The van der Waals surface area contributed by atoms with Gasteiger partial charge in [0.15, 0.2) is 11.5 Å². The lowest BCUT2D eigenvalue weighted by molar-refractivity contribution is -0.385. The number of amides is 1. The van der Waals surface area contributed by atoms with Crippen molar-refractivity contribution in [1.82, 2.24) is 15.6 Å². The number of aromatic nitrogens is 1. The molecular weight excluding hydrogens is 360 g/mol. The van der Waals surface area contributed by atoms with Crippen molar-refractivity contribution >= 4 is 22.9 Å². The summed E-state index contributed by atoms with van der Waals surface area (Å²) in [5.74, 6) is -0.109. The average Bonchev–Trinajstić information content (AvgIpc) is 3.16. The van der Waals surface area contributed by atoms with E-state index in [2.05, 4.69) is 15.6 Å². The summed E-state index contributed by atoms with van der Waals surface area (Å²) in [6.45, 7) is 1.28. The average molecular weight is 380 g/mol. The minimum atomic E-state index is -0.613. The number of hydrogen-bond acceptors (Lipinski definition) is 8. The first-order valence-electron chi connectivity index (χ1n) is 7.86. The van der Waals surface area contributed by atoms with E-state index in [0.717, 1.165) is 6.54 Å². The second-order valence-electron chi connectivity index (χ2n) is 5.26. The van der Waals surface area contributed by atoms with Gasteiger partial charge in [0.1, 0.15) is 12.2 Å². The zero-order chi connectivity index (χ0) is 18.9. The topological polar surface area (TPSA) is 116 Å². The molecule has 0 aliphatic heterocycles. The third-order valence-electron chi connectivity index (χ3n) is 3.47. The van der Waals surface area contributed by atoms with Crippen molar-refractivity contribution in [3.63, 3.8) is 0 Å². The van der Waals surface area contributed by atoms with E-state index < -0.39 is 10.8 Å². The fourth-order valence-corrected chi connectivity index (χ4v) is 2.72. The Morgan fingerprint density at radius 1 is 1.35 bits per heavy atom. The third kappa shape index (κ3) is 5.14. The summed E-state index contributed by atoms with van der Waals surface area (Å²) >= 11 is 1.42. The van der Waals surface area contributed by atoms with Crippen LogP contribution in [0, 0.1) is 10.1 Å². The molecule has 0 saturated carbocycles. The summed E-state index contributed by atoms with van der Waals surface area (Å²) in [7, 11) is 3.22. The number of ether oxygens (including phenoxy) is 2. The quantitative estimate of drug-likeness (QED) is 0.368. The molecule has 1 heterocycles. The van der Waals surface area contributed by atoms with Crippen molar-refractivity contribution in [2.75, 3.05) is 27.2 Å². The highest BCUT2D eigenvalue weighted by Gasteiger charge is 2.24. The Morgan fingerprint density at radius 3 is 2.77 bits per heavy atom. The first-order valence-corrected chi connectivity index (χ1v) is 8.80. The van der Waals surface area contributed by atoms with Gasteiger partial charge in [0.05, 0.1) is 29.3 Å². The van der Waals surface area contributed by atoms with Crippen molar-refractivity contribution in [2.24, 2.45) is 0 Å². The predicted octanol–water partition coefficient (Wildman–Crippen LogP) is 1.98. The molecule has 2 rings (SSSR count). The number of nitro benzene ring substituents is 1.